The minimum atomic E-state index is -0.295. The van der Waals surface area contributed by atoms with E-state index in [0.29, 0.717) is 23.8 Å². The molecule has 2 aromatic rings. The third kappa shape index (κ3) is 5.50. The zero-order chi connectivity index (χ0) is 21.6. The quantitative estimate of drug-likeness (QED) is 0.708. The van der Waals surface area contributed by atoms with Gasteiger partial charge in [-0.15, -0.1) is 10.2 Å². The summed E-state index contributed by atoms with van der Waals surface area (Å²) in [6.07, 6.45) is 3.99. The molecule has 0 saturated carbocycles. The van der Waals surface area contributed by atoms with Gasteiger partial charge in [0.25, 0.3) is 5.91 Å². The van der Waals surface area contributed by atoms with Crippen LogP contribution in [0.15, 0.2) is 24.3 Å². The first-order chi connectivity index (χ1) is 15.1. The second-order valence-corrected chi connectivity index (χ2v) is 8.74. The summed E-state index contributed by atoms with van der Waals surface area (Å²) in [4.78, 5) is 26.9. The Labute approximate surface area is 185 Å². The van der Waals surface area contributed by atoms with Crippen LogP contribution in [0.25, 0.3) is 0 Å². The van der Waals surface area contributed by atoms with Gasteiger partial charge in [-0.3, -0.25) is 4.79 Å². The molecule has 1 aromatic heterocycles. The molecule has 2 aliphatic heterocycles. The van der Waals surface area contributed by atoms with Crippen LogP contribution in [-0.2, 0) is 4.74 Å². The molecule has 10 heteroatoms. The molecule has 0 bridgehead atoms. The van der Waals surface area contributed by atoms with E-state index < -0.39 is 0 Å². The predicted octanol–water partition coefficient (Wildman–Crippen LogP) is 2.87. The number of hydrogen-bond acceptors (Lipinski definition) is 7. The number of benzene rings is 1. The third-order valence-corrected chi connectivity index (χ3v) is 6.63. The number of anilines is 1. The van der Waals surface area contributed by atoms with Crippen molar-refractivity contribution in [1.29, 1.82) is 0 Å². The molecule has 9 nitrogen and oxygen atoms in total. The maximum absolute atomic E-state index is 12.5. The second-order valence-electron chi connectivity index (χ2n) is 7.73. The highest BCUT2D eigenvalue weighted by Gasteiger charge is 2.28. The van der Waals surface area contributed by atoms with Gasteiger partial charge in [0.05, 0.1) is 13.2 Å². The summed E-state index contributed by atoms with van der Waals surface area (Å²) >= 11 is 1.28. The largest absolute Gasteiger partial charge is 0.497 e. The second kappa shape index (κ2) is 10.1. The standard InChI is InChI=1S/C21H27N5O4S/c1-29-16-8-6-15(7-9-16)23-18(27)20-25-24-19(31-20)14-4-2-10-26(13-14)21(28)22-12-17-5-3-11-30-17/h6-9,14,17H,2-5,10-13H2,1H3,(H,22,28)(H,23,27)/t14-,17+/m0/s1. The van der Waals surface area contributed by atoms with Crippen LogP contribution < -0.4 is 15.4 Å². The fraction of sp³-hybridized carbons (Fsp3) is 0.524. The monoisotopic (exact) mass is 445 g/mol. The van der Waals surface area contributed by atoms with Crippen molar-refractivity contribution < 1.29 is 19.1 Å². The zero-order valence-electron chi connectivity index (χ0n) is 17.5. The average molecular weight is 446 g/mol. The smallest absolute Gasteiger partial charge is 0.317 e. The highest BCUT2D eigenvalue weighted by atomic mass is 32.1. The number of methoxy groups -OCH3 is 1. The first kappa shape index (κ1) is 21.5. The number of hydrogen-bond donors (Lipinski definition) is 2. The molecular weight excluding hydrogens is 418 g/mol. The molecular formula is C21H27N5O4S. The highest BCUT2D eigenvalue weighted by Crippen LogP contribution is 2.29. The third-order valence-electron chi connectivity index (χ3n) is 5.55. The molecule has 0 spiro atoms. The van der Waals surface area contributed by atoms with E-state index in [1.54, 1.807) is 31.4 Å². The number of carbonyl (C=O) groups excluding carboxylic acids is 2. The van der Waals surface area contributed by atoms with E-state index in [9.17, 15) is 9.59 Å². The molecule has 3 heterocycles. The summed E-state index contributed by atoms with van der Waals surface area (Å²) < 4.78 is 10.7. The maximum atomic E-state index is 12.5. The lowest BCUT2D eigenvalue weighted by Gasteiger charge is -2.31. The number of likely N-dealkylation sites (tertiary alicyclic amines) is 1. The van der Waals surface area contributed by atoms with Crippen LogP contribution in [0.1, 0.15) is 46.4 Å². The first-order valence-electron chi connectivity index (χ1n) is 10.6. The number of piperidine rings is 1. The summed E-state index contributed by atoms with van der Waals surface area (Å²) in [5.41, 5.74) is 0.661. The van der Waals surface area contributed by atoms with Crippen molar-refractivity contribution in [3.8, 4) is 5.75 Å². The Kier molecular flexibility index (Phi) is 6.98. The van der Waals surface area contributed by atoms with Gasteiger partial charge < -0.3 is 25.0 Å². The van der Waals surface area contributed by atoms with Gasteiger partial charge in [0.1, 0.15) is 10.8 Å². The average Bonchev–Trinajstić information content (AvgIpc) is 3.50. The molecule has 0 radical (unpaired) electrons. The minimum absolute atomic E-state index is 0.0674. The number of nitrogens with zero attached hydrogens (tertiary/aromatic N) is 3. The molecule has 2 saturated heterocycles. The van der Waals surface area contributed by atoms with Crippen molar-refractivity contribution in [2.75, 3.05) is 38.7 Å². The lowest BCUT2D eigenvalue weighted by molar-refractivity contribution is 0.102. The number of urea groups is 1. The Bertz CT molecular complexity index is 897. The van der Waals surface area contributed by atoms with E-state index in [2.05, 4.69) is 20.8 Å². The minimum Gasteiger partial charge on any atom is -0.497 e. The Hall–Kier alpha value is -2.72. The SMILES string of the molecule is COc1ccc(NC(=O)c2nnc([C@H]3CCCN(C(=O)NC[C@H]4CCCO4)C3)s2)cc1. The van der Waals surface area contributed by atoms with Crippen molar-refractivity contribution >= 4 is 29.0 Å². The van der Waals surface area contributed by atoms with E-state index in [1.165, 1.54) is 11.3 Å². The van der Waals surface area contributed by atoms with Gasteiger partial charge in [-0.1, -0.05) is 11.3 Å². The van der Waals surface area contributed by atoms with E-state index >= 15 is 0 Å². The van der Waals surface area contributed by atoms with Gasteiger partial charge in [-0.25, -0.2) is 4.79 Å². The van der Waals surface area contributed by atoms with Crippen LogP contribution in [0.2, 0.25) is 0 Å². The Balaban J connectivity index is 1.31. The van der Waals surface area contributed by atoms with Gasteiger partial charge in [0, 0.05) is 37.8 Å². The summed E-state index contributed by atoms with van der Waals surface area (Å²) in [5, 5.41) is 15.2. The van der Waals surface area contributed by atoms with Crippen molar-refractivity contribution in [1.82, 2.24) is 20.4 Å². The van der Waals surface area contributed by atoms with Crippen molar-refractivity contribution in [2.24, 2.45) is 0 Å². The molecule has 2 aliphatic rings. The van der Waals surface area contributed by atoms with Crippen molar-refractivity contribution in [3.05, 3.63) is 34.3 Å². The normalized spacial score (nSPS) is 21.0. The van der Waals surface area contributed by atoms with Crippen molar-refractivity contribution in [3.63, 3.8) is 0 Å². The number of nitrogens with one attached hydrogen (secondary N) is 2. The van der Waals surface area contributed by atoms with Crippen LogP contribution >= 0.6 is 11.3 Å². The molecule has 4 rings (SSSR count). The van der Waals surface area contributed by atoms with Gasteiger partial charge in [-0.2, -0.15) is 0 Å². The Morgan fingerprint density at radius 3 is 2.81 bits per heavy atom. The van der Waals surface area contributed by atoms with Crippen molar-refractivity contribution in [2.45, 2.75) is 37.7 Å². The van der Waals surface area contributed by atoms with Gasteiger partial charge in [0.15, 0.2) is 0 Å². The van der Waals surface area contributed by atoms with Crippen LogP contribution in [0.5, 0.6) is 5.75 Å². The molecule has 3 amide bonds. The van der Waals surface area contributed by atoms with E-state index in [0.717, 1.165) is 49.6 Å². The fourth-order valence-electron chi connectivity index (χ4n) is 3.83. The van der Waals surface area contributed by atoms with Gasteiger partial charge in [0.2, 0.25) is 5.01 Å². The van der Waals surface area contributed by atoms with Crippen LogP contribution in [0, 0.1) is 0 Å². The Morgan fingerprint density at radius 2 is 2.06 bits per heavy atom. The molecule has 166 valence electrons. The molecule has 2 atom stereocenters. The predicted molar refractivity (Wildman–Crippen MR) is 117 cm³/mol. The molecule has 2 fully saturated rings. The lowest BCUT2D eigenvalue weighted by atomic mass is 9.99. The molecule has 2 N–H and O–H groups in total. The highest BCUT2D eigenvalue weighted by molar-refractivity contribution is 7.13. The topological polar surface area (TPSA) is 106 Å². The first-order valence-corrected chi connectivity index (χ1v) is 11.4. The van der Waals surface area contributed by atoms with E-state index in [-0.39, 0.29) is 24.0 Å². The Morgan fingerprint density at radius 1 is 1.23 bits per heavy atom. The fourth-order valence-corrected chi connectivity index (χ4v) is 4.70. The molecule has 31 heavy (non-hydrogen) atoms. The van der Waals surface area contributed by atoms with Gasteiger partial charge >= 0.3 is 6.03 Å². The summed E-state index contributed by atoms with van der Waals surface area (Å²) in [6, 6.07) is 7.03. The van der Waals surface area contributed by atoms with Gasteiger partial charge in [-0.05, 0) is 49.9 Å². The molecule has 0 aliphatic carbocycles. The van der Waals surface area contributed by atoms with Crippen LogP contribution in [0.3, 0.4) is 0 Å². The number of aromatic nitrogens is 2. The van der Waals surface area contributed by atoms with Crippen LogP contribution in [-0.4, -0.2) is 66.5 Å². The summed E-state index contributed by atoms with van der Waals surface area (Å²) in [6.45, 7) is 2.62. The summed E-state index contributed by atoms with van der Waals surface area (Å²) in [7, 11) is 1.59. The zero-order valence-corrected chi connectivity index (χ0v) is 18.3. The molecule has 0 unspecified atom stereocenters. The molecule has 1 aromatic carbocycles. The van der Waals surface area contributed by atoms with Crippen LogP contribution in [0.4, 0.5) is 10.5 Å². The van der Waals surface area contributed by atoms with E-state index in [1.807, 2.05) is 4.90 Å². The lowest BCUT2D eigenvalue weighted by Crippen LogP contribution is -2.46. The number of carbonyl (C=O) groups is 2. The number of rotatable bonds is 6. The number of amides is 3. The van der Waals surface area contributed by atoms with E-state index in [4.69, 9.17) is 9.47 Å². The number of ether oxygens (including phenoxy) is 2. The maximum Gasteiger partial charge on any atom is 0.317 e. The summed E-state index contributed by atoms with van der Waals surface area (Å²) in [5.74, 6) is 0.510.